The quantitative estimate of drug-likeness (QED) is 0.385. The van der Waals surface area contributed by atoms with Crippen LogP contribution in [0.25, 0.3) is 0 Å². The highest BCUT2D eigenvalue weighted by atomic mass is 35.5. The van der Waals surface area contributed by atoms with Gasteiger partial charge < -0.3 is 9.47 Å². The first-order valence-corrected chi connectivity index (χ1v) is 13.6. The fraction of sp³-hybridized carbons (Fsp3) is 0.333. The van der Waals surface area contributed by atoms with Crippen molar-refractivity contribution in [3.8, 4) is 5.75 Å². The molecule has 0 radical (unpaired) electrons. The van der Waals surface area contributed by atoms with E-state index in [4.69, 9.17) is 21.1 Å². The Labute approximate surface area is 217 Å². The van der Waals surface area contributed by atoms with Crippen LogP contribution in [-0.2, 0) is 21.4 Å². The fourth-order valence-electron chi connectivity index (χ4n) is 4.15. The van der Waals surface area contributed by atoms with E-state index < -0.39 is 15.8 Å². The topological polar surface area (TPSA) is 59.1 Å². The smallest absolute Gasteiger partial charge is 0.243 e. The Morgan fingerprint density at radius 1 is 1.00 bits per heavy atom. The van der Waals surface area contributed by atoms with Crippen LogP contribution in [0.1, 0.15) is 22.8 Å². The van der Waals surface area contributed by atoms with Crippen LogP contribution >= 0.6 is 11.6 Å². The minimum atomic E-state index is -3.76. The first-order chi connectivity index (χ1) is 17.3. The van der Waals surface area contributed by atoms with Gasteiger partial charge in [0.25, 0.3) is 0 Å². The second-order valence-electron chi connectivity index (χ2n) is 8.84. The summed E-state index contributed by atoms with van der Waals surface area (Å²) < 4.78 is 52.8. The van der Waals surface area contributed by atoms with Crippen LogP contribution in [0.2, 0.25) is 5.02 Å². The Morgan fingerprint density at radius 3 is 2.39 bits per heavy atom. The van der Waals surface area contributed by atoms with Crippen molar-refractivity contribution in [2.45, 2.75) is 24.5 Å². The minimum Gasteiger partial charge on any atom is -0.497 e. The summed E-state index contributed by atoms with van der Waals surface area (Å²) in [5.41, 5.74) is 3.28. The molecular formula is C27H30ClFN2O4S. The third-order valence-electron chi connectivity index (χ3n) is 6.32. The molecule has 1 aliphatic heterocycles. The van der Waals surface area contributed by atoms with Crippen LogP contribution < -0.4 is 4.74 Å². The number of aryl methyl sites for hydroxylation is 1. The molecule has 1 fully saturated rings. The summed E-state index contributed by atoms with van der Waals surface area (Å²) >= 11 is 5.81. The summed E-state index contributed by atoms with van der Waals surface area (Å²) in [6, 6.07) is 19.6. The van der Waals surface area contributed by atoms with Gasteiger partial charge in [-0.2, -0.15) is 4.31 Å². The number of hydrogen-bond acceptors (Lipinski definition) is 5. The molecule has 0 unspecified atom stereocenters. The van der Waals surface area contributed by atoms with Gasteiger partial charge in [-0.25, -0.2) is 12.8 Å². The van der Waals surface area contributed by atoms with E-state index in [2.05, 4.69) is 29.2 Å². The van der Waals surface area contributed by atoms with E-state index in [1.165, 1.54) is 15.9 Å². The average Bonchev–Trinajstić information content (AvgIpc) is 2.89. The molecular weight excluding hydrogens is 503 g/mol. The standard InChI is InChI=1S/C27H30ClFN2O4S/c1-20-6-8-21(9-7-20)19-35-27(22-4-3-5-23(16-22)34-2)18-30-12-14-31(15-13-30)36(32,33)24-10-11-26(29)25(28)17-24/h3-11,16-17,27H,12-15,18-19H2,1-2H3/t27-/m1/s1. The Kier molecular flexibility index (Phi) is 8.64. The molecule has 1 atom stereocenters. The van der Waals surface area contributed by atoms with E-state index in [0.717, 1.165) is 29.0 Å². The molecule has 4 rings (SSSR count). The normalized spacial score (nSPS) is 16.1. The van der Waals surface area contributed by atoms with Crippen molar-refractivity contribution in [1.29, 1.82) is 0 Å². The van der Waals surface area contributed by atoms with Gasteiger partial charge in [0.2, 0.25) is 10.0 Å². The lowest BCUT2D eigenvalue weighted by atomic mass is 10.1. The van der Waals surface area contributed by atoms with Crippen molar-refractivity contribution in [2.24, 2.45) is 0 Å². The molecule has 36 heavy (non-hydrogen) atoms. The molecule has 0 aromatic heterocycles. The fourth-order valence-corrected chi connectivity index (χ4v) is 5.84. The van der Waals surface area contributed by atoms with Crippen LogP contribution in [0.3, 0.4) is 0 Å². The third-order valence-corrected chi connectivity index (χ3v) is 8.51. The van der Waals surface area contributed by atoms with E-state index in [9.17, 15) is 12.8 Å². The number of sulfonamides is 1. The SMILES string of the molecule is COc1cccc([C@@H](CN2CCN(S(=O)(=O)c3ccc(F)c(Cl)c3)CC2)OCc2ccc(C)cc2)c1. The van der Waals surface area contributed by atoms with Crippen LogP contribution in [0, 0.1) is 12.7 Å². The molecule has 0 aliphatic carbocycles. The van der Waals surface area contributed by atoms with Crippen molar-refractivity contribution >= 4 is 21.6 Å². The van der Waals surface area contributed by atoms with Crippen molar-refractivity contribution in [3.05, 3.63) is 94.3 Å². The summed E-state index contributed by atoms with van der Waals surface area (Å²) in [4.78, 5) is 2.20. The number of hydrogen-bond donors (Lipinski definition) is 0. The zero-order chi connectivity index (χ0) is 25.7. The number of rotatable bonds is 9. The molecule has 192 valence electrons. The predicted octanol–water partition coefficient (Wildman–Crippen LogP) is 5.06. The minimum absolute atomic E-state index is 0.00182. The monoisotopic (exact) mass is 532 g/mol. The van der Waals surface area contributed by atoms with E-state index in [1.807, 2.05) is 31.2 Å². The zero-order valence-corrected chi connectivity index (χ0v) is 21.9. The van der Waals surface area contributed by atoms with E-state index in [0.29, 0.717) is 39.3 Å². The molecule has 0 spiro atoms. The molecule has 0 bridgehead atoms. The zero-order valence-electron chi connectivity index (χ0n) is 20.4. The molecule has 0 saturated carbocycles. The van der Waals surface area contributed by atoms with Crippen molar-refractivity contribution in [3.63, 3.8) is 0 Å². The summed E-state index contributed by atoms with van der Waals surface area (Å²) in [5, 5.41) is -0.207. The third kappa shape index (κ3) is 6.44. The largest absolute Gasteiger partial charge is 0.497 e. The molecule has 1 aliphatic rings. The van der Waals surface area contributed by atoms with Crippen molar-refractivity contribution in [2.75, 3.05) is 39.8 Å². The van der Waals surface area contributed by atoms with Gasteiger partial charge >= 0.3 is 0 Å². The highest BCUT2D eigenvalue weighted by molar-refractivity contribution is 7.89. The Hall–Kier alpha value is -2.49. The molecule has 3 aromatic rings. The maximum atomic E-state index is 13.5. The van der Waals surface area contributed by atoms with Crippen LogP contribution in [0.15, 0.2) is 71.6 Å². The number of benzene rings is 3. The maximum absolute atomic E-state index is 13.5. The van der Waals surface area contributed by atoms with E-state index in [-0.39, 0.29) is 16.0 Å². The maximum Gasteiger partial charge on any atom is 0.243 e. The Morgan fingerprint density at radius 2 is 1.72 bits per heavy atom. The van der Waals surface area contributed by atoms with Crippen LogP contribution in [-0.4, -0.2) is 57.5 Å². The lowest BCUT2D eigenvalue weighted by Crippen LogP contribution is -2.49. The molecule has 0 N–H and O–H groups in total. The summed E-state index contributed by atoms with van der Waals surface area (Å²) in [6.45, 7) is 4.84. The second-order valence-corrected chi connectivity index (χ2v) is 11.2. The number of halogens is 2. The number of nitrogens with zero attached hydrogens (tertiary/aromatic N) is 2. The molecule has 9 heteroatoms. The second kappa shape index (κ2) is 11.7. The summed E-state index contributed by atoms with van der Waals surface area (Å²) in [5.74, 6) is 0.111. The first-order valence-electron chi connectivity index (χ1n) is 11.7. The van der Waals surface area contributed by atoms with Crippen LogP contribution in [0.4, 0.5) is 4.39 Å². The Bertz CT molecular complexity index is 1280. The average molecular weight is 533 g/mol. The predicted molar refractivity (Wildman–Crippen MR) is 138 cm³/mol. The van der Waals surface area contributed by atoms with Gasteiger partial charge in [0.05, 0.1) is 29.7 Å². The van der Waals surface area contributed by atoms with Gasteiger partial charge in [-0.1, -0.05) is 53.6 Å². The number of piperazine rings is 1. The van der Waals surface area contributed by atoms with Gasteiger partial charge in [0.15, 0.2) is 0 Å². The lowest BCUT2D eigenvalue weighted by molar-refractivity contribution is 0.00762. The van der Waals surface area contributed by atoms with Gasteiger partial charge in [-0.15, -0.1) is 0 Å². The molecule has 0 amide bonds. The van der Waals surface area contributed by atoms with Crippen molar-refractivity contribution in [1.82, 2.24) is 9.21 Å². The van der Waals surface area contributed by atoms with Gasteiger partial charge in [-0.05, 0) is 48.4 Å². The summed E-state index contributed by atoms with van der Waals surface area (Å²) in [7, 11) is -2.12. The molecule has 1 heterocycles. The van der Waals surface area contributed by atoms with E-state index >= 15 is 0 Å². The van der Waals surface area contributed by atoms with E-state index in [1.54, 1.807) is 7.11 Å². The molecule has 3 aromatic carbocycles. The van der Waals surface area contributed by atoms with Gasteiger partial charge in [0.1, 0.15) is 11.6 Å². The Balaban J connectivity index is 1.44. The van der Waals surface area contributed by atoms with Gasteiger partial charge in [-0.3, -0.25) is 4.90 Å². The first kappa shape index (κ1) is 26.6. The molecule has 6 nitrogen and oxygen atoms in total. The summed E-state index contributed by atoms with van der Waals surface area (Å²) in [6.07, 6.45) is -0.222. The highest BCUT2D eigenvalue weighted by Crippen LogP contribution is 2.27. The number of ether oxygens (including phenoxy) is 2. The lowest BCUT2D eigenvalue weighted by Gasteiger charge is -2.36. The van der Waals surface area contributed by atoms with Gasteiger partial charge in [0, 0.05) is 32.7 Å². The van der Waals surface area contributed by atoms with Crippen molar-refractivity contribution < 1.29 is 22.3 Å². The molecule has 1 saturated heterocycles. The van der Waals surface area contributed by atoms with Crippen LogP contribution in [0.5, 0.6) is 5.75 Å². The highest BCUT2D eigenvalue weighted by Gasteiger charge is 2.30. The number of methoxy groups -OCH3 is 1.